The first kappa shape index (κ1) is 16.5. The maximum atomic E-state index is 12.2. The van der Waals surface area contributed by atoms with E-state index in [-0.39, 0.29) is 18.1 Å². The van der Waals surface area contributed by atoms with E-state index < -0.39 is 0 Å². The largest absolute Gasteiger partial charge is 0.378 e. The molecule has 3 heterocycles. The number of aromatic amines is 1. The summed E-state index contributed by atoms with van der Waals surface area (Å²) in [5, 5.41) is 2.98. The molecule has 1 amide bonds. The monoisotopic (exact) mass is 343 g/mol. The fourth-order valence-electron chi connectivity index (χ4n) is 3.60. The number of rotatable bonds is 5. The molecule has 4 rings (SSSR count). The number of hydrogen-bond acceptors (Lipinski definition) is 4. The van der Waals surface area contributed by atoms with Crippen molar-refractivity contribution in [3.05, 3.63) is 24.0 Å². The molecule has 25 heavy (non-hydrogen) atoms. The number of aromatic nitrogens is 2. The summed E-state index contributed by atoms with van der Waals surface area (Å²) in [6.07, 6.45) is 7.09. The third-order valence-electron chi connectivity index (χ3n) is 4.99. The molecule has 134 valence electrons. The zero-order valence-electron chi connectivity index (χ0n) is 14.4. The summed E-state index contributed by atoms with van der Waals surface area (Å²) in [4.78, 5) is 20.1. The van der Waals surface area contributed by atoms with Gasteiger partial charge in [-0.3, -0.25) is 4.79 Å². The van der Waals surface area contributed by atoms with Crippen molar-refractivity contribution in [3.8, 4) is 0 Å². The molecule has 2 aliphatic rings. The number of imidazole rings is 1. The lowest BCUT2D eigenvalue weighted by molar-refractivity contribution is -0.117. The predicted octanol–water partition coefficient (Wildman–Crippen LogP) is 3.70. The smallest absolute Gasteiger partial charge is 0.224 e. The van der Waals surface area contributed by atoms with E-state index >= 15 is 0 Å². The Morgan fingerprint density at radius 3 is 2.92 bits per heavy atom. The first-order chi connectivity index (χ1) is 12.3. The number of carbonyl (C=O) groups is 1. The van der Waals surface area contributed by atoms with Gasteiger partial charge < -0.3 is 19.8 Å². The van der Waals surface area contributed by atoms with Crippen LogP contribution in [0, 0.1) is 0 Å². The summed E-state index contributed by atoms with van der Waals surface area (Å²) < 4.78 is 11.4. The van der Waals surface area contributed by atoms with Crippen LogP contribution in [-0.2, 0) is 14.3 Å². The average molecular weight is 343 g/mol. The summed E-state index contributed by atoms with van der Waals surface area (Å²) in [6, 6.07) is 5.78. The quantitative estimate of drug-likeness (QED) is 0.868. The molecular weight excluding hydrogens is 318 g/mol. The van der Waals surface area contributed by atoms with Crippen molar-refractivity contribution in [2.45, 2.75) is 57.2 Å². The number of ether oxygens (including phenoxy) is 2. The van der Waals surface area contributed by atoms with Gasteiger partial charge in [0.2, 0.25) is 5.91 Å². The number of hydrogen-bond donors (Lipinski definition) is 2. The van der Waals surface area contributed by atoms with Crippen LogP contribution >= 0.6 is 0 Å². The van der Waals surface area contributed by atoms with Crippen molar-refractivity contribution in [3.63, 3.8) is 0 Å². The van der Waals surface area contributed by atoms with Crippen molar-refractivity contribution in [2.75, 3.05) is 18.5 Å². The highest BCUT2D eigenvalue weighted by Crippen LogP contribution is 2.28. The molecule has 6 nitrogen and oxygen atoms in total. The highest BCUT2D eigenvalue weighted by Gasteiger charge is 2.21. The van der Waals surface area contributed by atoms with E-state index in [2.05, 4.69) is 15.3 Å². The molecule has 2 fully saturated rings. The molecule has 2 atom stereocenters. The van der Waals surface area contributed by atoms with Gasteiger partial charge in [0, 0.05) is 25.3 Å². The van der Waals surface area contributed by atoms with Crippen molar-refractivity contribution < 1.29 is 14.3 Å². The van der Waals surface area contributed by atoms with Gasteiger partial charge in [-0.1, -0.05) is 0 Å². The topological polar surface area (TPSA) is 76.2 Å². The van der Waals surface area contributed by atoms with Crippen LogP contribution in [0.5, 0.6) is 0 Å². The number of H-pyrrole nitrogens is 1. The lowest BCUT2D eigenvalue weighted by Crippen LogP contribution is -2.21. The minimum absolute atomic E-state index is 0.0346. The highest BCUT2D eigenvalue weighted by molar-refractivity contribution is 5.93. The van der Waals surface area contributed by atoms with Gasteiger partial charge in [0.15, 0.2) is 0 Å². The Balaban J connectivity index is 1.36. The number of nitrogens with zero attached hydrogens (tertiary/aromatic N) is 1. The zero-order valence-corrected chi connectivity index (χ0v) is 14.4. The van der Waals surface area contributed by atoms with E-state index in [0.29, 0.717) is 6.42 Å². The number of fused-ring (bicyclic) bond motifs is 1. The molecule has 2 saturated heterocycles. The zero-order chi connectivity index (χ0) is 17.1. The molecule has 0 unspecified atom stereocenters. The van der Waals surface area contributed by atoms with E-state index in [1.807, 2.05) is 18.2 Å². The third kappa shape index (κ3) is 4.02. The molecular formula is C19H25N3O3. The second-order valence-corrected chi connectivity index (χ2v) is 6.93. The molecule has 0 spiro atoms. The molecule has 2 N–H and O–H groups in total. The first-order valence-corrected chi connectivity index (χ1v) is 9.31. The normalized spacial score (nSPS) is 23.8. The van der Waals surface area contributed by atoms with Crippen LogP contribution in [0.3, 0.4) is 0 Å². The van der Waals surface area contributed by atoms with Gasteiger partial charge in [-0.25, -0.2) is 4.98 Å². The van der Waals surface area contributed by atoms with Gasteiger partial charge in [-0.05, 0) is 56.7 Å². The van der Waals surface area contributed by atoms with E-state index in [0.717, 1.165) is 67.9 Å². The molecule has 0 aliphatic carbocycles. The Kier molecular flexibility index (Phi) is 4.99. The molecule has 0 radical (unpaired) electrons. The minimum Gasteiger partial charge on any atom is -0.378 e. The predicted molar refractivity (Wildman–Crippen MR) is 95.5 cm³/mol. The van der Waals surface area contributed by atoms with Crippen molar-refractivity contribution in [2.24, 2.45) is 0 Å². The summed E-state index contributed by atoms with van der Waals surface area (Å²) in [5.41, 5.74) is 2.63. The molecule has 6 heteroatoms. The Hall–Kier alpha value is -1.92. The van der Waals surface area contributed by atoms with Crippen LogP contribution in [0.4, 0.5) is 5.69 Å². The second-order valence-electron chi connectivity index (χ2n) is 6.93. The van der Waals surface area contributed by atoms with Crippen LogP contribution in [0.2, 0.25) is 0 Å². The van der Waals surface area contributed by atoms with Crippen LogP contribution in [0.1, 0.15) is 56.9 Å². The number of carbonyl (C=O) groups excluding carboxylic acids is 1. The number of amides is 1. The fourth-order valence-corrected chi connectivity index (χ4v) is 3.60. The van der Waals surface area contributed by atoms with E-state index in [1.165, 1.54) is 6.42 Å². The standard InChI is InChI=1S/C19H25N3O3/c23-18(9-7-14-4-1-2-10-24-14)20-13-6-8-15-16(12-13)22-19(21-15)17-5-3-11-25-17/h6,8,12,14,17H,1-5,7,9-11H2,(H,20,23)(H,21,22)/t14-,17+/m1/s1. The van der Waals surface area contributed by atoms with Gasteiger partial charge in [-0.15, -0.1) is 0 Å². The van der Waals surface area contributed by atoms with Crippen molar-refractivity contribution in [1.29, 1.82) is 0 Å². The number of nitrogens with one attached hydrogen (secondary N) is 2. The Labute approximate surface area is 147 Å². The SMILES string of the molecule is O=C(CC[C@H]1CCCCO1)Nc1ccc2nc([C@@H]3CCCO3)[nH]c2c1. The summed E-state index contributed by atoms with van der Waals surface area (Å²) in [5.74, 6) is 0.915. The second kappa shape index (κ2) is 7.54. The first-order valence-electron chi connectivity index (χ1n) is 9.31. The van der Waals surface area contributed by atoms with Crippen molar-refractivity contribution >= 4 is 22.6 Å². The third-order valence-corrected chi connectivity index (χ3v) is 4.99. The Morgan fingerprint density at radius 2 is 2.12 bits per heavy atom. The average Bonchev–Trinajstić information content (AvgIpc) is 3.30. The highest BCUT2D eigenvalue weighted by atomic mass is 16.5. The van der Waals surface area contributed by atoms with E-state index in [4.69, 9.17) is 9.47 Å². The van der Waals surface area contributed by atoms with Crippen LogP contribution in [-0.4, -0.2) is 35.2 Å². The van der Waals surface area contributed by atoms with Gasteiger partial charge in [0.05, 0.1) is 17.1 Å². The van der Waals surface area contributed by atoms with Crippen LogP contribution < -0.4 is 5.32 Å². The van der Waals surface area contributed by atoms with Crippen LogP contribution in [0.15, 0.2) is 18.2 Å². The Morgan fingerprint density at radius 1 is 1.20 bits per heavy atom. The summed E-state index contributed by atoms with van der Waals surface area (Å²) in [7, 11) is 0. The molecule has 0 bridgehead atoms. The van der Waals surface area contributed by atoms with Crippen molar-refractivity contribution in [1.82, 2.24) is 9.97 Å². The maximum absolute atomic E-state index is 12.2. The van der Waals surface area contributed by atoms with Gasteiger partial charge in [0.25, 0.3) is 0 Å². The van der Waals surface area contributed by atoms with E-state index in [1.54, 1.807) is 0 Å². The summed E-state index contributed by atoms with van der Waals surface area (Å²) in [6.45, 7) is 1.63. The molecule has 1 aromatic heterocycles. The number of anilines is 1. The molecule has 1 aromatic carbocycles. The molecule has 2 aromatic rings. The number of benzene rings is 1. The van der Waals surface area contributed by atoms with E-state index in [9.17, 15) is 4.79 Å². The lowest BCUT2D eigenvalue weighted by Gasteiger charge is -2.22. The summed E-state index contributed by atoms with van der Waals surface area (Å²) >= 11 is 0. The lowest BCUT2D eigenvalue weighted by atomic mass is 10.0. The maximum Gasteiger partial charge on any atom is 0.224 e. The molecule has 2 aliphatic heterocycles. The van der Waals surface area contributed by atoms with Gasteiger partial charge >= 0.3 is 0 Å². The fraction of sp³-hybridized carbons (Fsp3) is 0.579. The van der Waals surface area contributed by atoms with Crippen LogP contribution in [0.25, 0.3) is 11.0 Å². The molecule has 0 saturated carbocycles. The van der Waals surface area contributed by atoms with Gasteiger partial charge in [-0.2, -0.15) is 0 Å². The minimum atomic E-state index is 0.0346. The van der Waals surface area contributed by atoms with Gasteiger partial charge in [0.1, 0.15) is 11.9 Å². The Bertz CT molecular complexity index is 731.